The summed E-state index contributed by atoms with van der Waals surface area (Å²) in [5.41, 5.74) is 3.19. The Morgan fingerprint density at radius 2 is 1.75 bits per heavy atom. The van der Waals surface area contributed by atoms with Gasteiger partial charge in [-0.05, 0) is 38.0 Å². The van der Waals surface area contributed by atoms with Crippen molar-refractivity contribution in [1.82, 2.24) is 9.97 Å². The summed E-state index contributed by atoms with van der Waals surface area (Å²) in [4.78, 5) is 11.0. The number of methoxy groups -OCH3 is 1. The monoisotopic (exact) mass is 271 g/mol. The molecule has 0 aliphatic heterocycles. The highest BCUT2D eigenvalue weighted by atomic mass is 16.5. The van der Waals surface area contributed by atoms with E-state index >= 15 is 0 Å². The predicted octanol–water partition coefficient (Wildman–Crippen LogP) is 2.78. The highest BCUT2D eigenvalue weighted by Crippen LogP contribution is 2.18. The van der Waals surface area contributed by atoms with Crippen molar-refractivity contribution in [2.75, 3.05) is 25.6 Å². The summed E-state index contributed by atoms with van der Waals surface area (Å²) >= 11 is 0. The first-order valence-electron chi connectivity index (χ1n) is 6.75. The zero-order chi connectivity index (χ0) is 14.5. The second-order valence-corrected chi connectivity index (χ2v) is 4.93. The Kier molecular flexibility index (Phi) is 4.56. The number of aryl methyl sites for hydroxylation is 2. The first kappa shape index (κ1) is 14.3. The average molecular weight is 271 g/mol. The van der Waals surface area contributed by atoms with Crippen LogP contribution in [0.5, 0.6) is 5.75 Å². The molecule has 1 heterocycles. The lowest BCUT2D eigenvalue weighted by Gasteiger charge is -2.18. The Bertz CT molecular complexity index is 563. The van der Waals surface area contributed by atoms with Crippen molar-refractivity contribution in [3.05, 3.63) is 47.3 Å². The number of anilines is 1. The lowest BCUT2D eigenvalue weighted by molar-refractivity contribution is 0.409. The van der Waals surface area contributed by atoms with Crippen molar-refractivity contribution in [2.24, 2.45) is 0 Å². The molecule has 1 aromatic carbocycles. The van der Waals surface area contributed by atoms with Crippen molar-refractivity contribution in [2.45, 2.75) is 20.3 Å². The molecule has 0 fully saturated rings. The molecule has 0 spiro atoms. The van der Waals surface area contributed by atoms with E-state index in [4.69, 9.17) is 4.74 Å². The van der Waals surface area contributed by atoms with Crippen molar-refractivity contribution in [1.29, 1.82) is 0 Å². The van der Waals surface area contributed by atoms with Gasteiger partial charge in [-0.25, -0.2) is 9.97 Å². The molecule has 20 heavy (non-hydrogen) atoms. The van der Waals surface area contributed by atoms with Gasteiger partial charge >= 0.3 is 0 Å². The standard InChI is InChI=1S/C16H21N3O/c1-12-11-13(2)18-16(17-12)19(3)10-9-14-7-5-6-8-15(14)20-4/h5-8,11H,9-10H2,1-4H3. The smallest absolute Gasteiger partial charge is 0.225 e. The fourth-order valence-electron chi connectivity index (χ4n) is 2.18. The molecule has 1 aromatic heterocycles. The minimum Gasteiger partial charge on any atom is -0.496 e. The fraction of sp³-hybridized carbons (Fsp3) is 0.375. The van der Waals surface area contributed by atoms with E-state index in [0.717, 1.165) is 36.1 Å². The van der Waals surface area contributed by atoms with Crippen LogP contribution in [0.1, 0.15) is 17.0 Å². The van der Waals surface area contributed by atoms with Gasteiger partial charge in [-0.1, -0.05) is 18.2 Å². The Balaban J connectivity index is 2.06. The normalized spacial score (nSPS) is 10.4. The molecular weight excluding hydrogens is 250 g/mol. The second kappa shape index (κ2) is 6.37. The first-order chi connectivity index (χ1) is 9.60. The Morgan fingerprint density at radius 1 is 1.10 bits per heavy atom. The number of ether oxygens (including phenoxy) is 1. The third kappa shape index (κ3) is 3.47. The maximum absolute atomic E-state index is 5.37. The Morgan fingerprint density at radius 3 is 2.40 bits per heavy atom. The van der Waals surface area contributed by atoms with Gasteiger partial charge in [0.05, 0.1) is 7.11 Å². The molecule has 0 N–H and O–H groups in total. The van der Waals surface area contributed by atoms with Crippen LogP contribution in [-0.2, 0) is 6.42 Å². The molecule has 106 valence electrons. The number of aromatic nitrogens is 2. The summed E-state index contributed by atoms with van der Waals surface area (Å²) in [6.45, 7) is 4.84. The number of rotatable bonds is 5. The van der Waals surface area contributed by atoms with Crippen molar-refractivity contribution >= 4 is 5.95 Å². The summed E-state index contributed by atoms with van der Waals surface area (Å²) in [6.07, 6.45) is 0.900. The number of hydrogen-bond donors (Lipinski definition) is 0. The van der Waals surface area contributed by atoms with E-state index < -0.39 is 0 Å². The average Bonchev–Trinajstić information content (AvgIpc) is 2.44. The van der Waals surface area contributed by atoms with Gasteiger partial charge in [0.2, 0.25) is 5.95 Å². The van der Waals surface area contributed by atoms with Crippen LogP contribution in [0.25, 0.3) is 0 Å². The minimum atomic E-state index is 0.775. The summed E-state index contributed by atoms with van der Waals surface area (Å²) in [5, 5.41) is 0. The van der Waals surface area contributed by atoms with E-state index in [1.54, 1.807) is 7.11 Å². The zero-order valence-corrected chi connectivity index (χ0v) is 12.6. The third-order valence-electron chi connectivity index (χ3n) is 3.22. The molecule has 2 rings (SSSR count). The van der Waals surface area contributed by atoms with Crippen LogP contribution < -0.4 is 9.64 Å². The maximum Gasteiger partial charge on any atom is 0.225 e. The molecule has 0 radical (unpaired) electrons. The van der Waals surface area contributed by atoms with Gasteiger partial charge < -0.3 is 9.64 Å². The molecule has 4 heteroatoms. The summed E-state index contributed by atoms with van der Waals surface area (Å²) in [5.74, 6) is 1.71. The van der Waals surface area contributed by atoms with Crippen LogP contribution in [0.15, 0.2) is 30.3 Å². The van der Waals surface area contributed by atoms with Gasteiger partial charge in [0.15, 0.2) is 0 Å². The predicted molar refractivity (Wildman–Crippen MR) is 81.5 cm³/mol. The quantitative estimate of drug-likeness (QED) is 0.838. The third-order valence-corrected chi connectivity index (χ3v) is 3.22. The molecule has 0 amide bonds. The largest absolute Gasteiger partial charge is 0.496 e. The van der Waals surface area contributed by atoms with Gasteiger partial charge in [-0.15, -0.1) is 0 Å². The van der Waals surface area contributed by atoms with Crippen LogP contribution in [0.2, 0.25) is 0 Å². The Hall–Kier alpha value is -2.10. The lowest BCUT2D eigenvalue weighted by Crippen LogP contribution is -2.23. The summed E-state index contributed by atoms with van der Waals surface area (Å²) < 4.78 is 5.37. The van der Waals surface area contributed by atoms with Crippen LogP contribution in [-0.4, -0.2) is 30.7 Å². The highest BCUT2D eigenvalue weighted by molar-refractivity contribution is 5.36. The SMILES string of the molecule is COc1ccccc1CCN(C)c1nc(C)cc(C)n1. The second-order valence-electron chi connectivity index (χ2n) is 4.93. The van der Waals surface area contributed by atoms with Crippen LogP contribution in [0.4, 0.5) is 5.95 Å². The molecule has 0 saturated carbocycles. The first-order valence-corrected chi connectivity index (χ1v) is 6.75. The summed E-state index contributed by atoms with van der Waals surface area (Å²) in [7, 11) is 3.72. The van der Waals surface area contributed by atoms with Gasteiger partial charge in [-0.3, -0.25) is 0 Å². The lowest BCUT2D eigenvalue weighted by atomic mass is 10.1. The molecule has 0 unspecified atom stereocenters. The highest BCUT2D eigenvalue weighted by Gasteiger charge is 2.08. The van der Waals surface area contributed by atoms with Gasteiger partial charge in [-0.2, -0.15) is 0 Å². The molecule has 0 atom stereocenters. The molecule has 0 aliphatic carbocycles. The van der Waals surface area contributed by atoms with E-state index in [2.05, 4.69) is 20.9 Å². The maximum atomic E-state index is 5.37. The van der Waals surface area contributed by atoms with E-state index in [0.29, 0.717) is 0 Å². The van der Waals surface area contributed by atoms with E-state index in [1.807, 2.05) is 45.2 Å². The van der Waals surface area contributed by atoms with Gasteiger partial charge in [0, 0.05) is 25.0 Å². The van der Waals surface area contributed by atoms with Crippen LogP contribution >= 0.6 is 0 Å². The van der Waals surface area contributed by atoms with E-state index in [9.17, 15) is 0 Å². The molecular formula is C16H21N3O. The Labute approximate surface area is 120 Å². The number of para-hydroxylation sites is 1. The number of nitrogens with zero attached hydrogens (tertiary/aromatic N) is 3. The van der Waals surface area contributed by atoms with Crippen LogP contribution in [0.3, 0.4) is 0 Å². The molecule has 4 nitrogen and oxygen atoms in total. The molecule has 0 bridgehead atoms. The van der Waals surface area contributed by atoms with Gasteiger partial charge in [0.1, 0.15) is 5.75 Å². The van der Waals surface area contributed by atoms with Crippen LogP contribution in [0, 0.1) is 13.8 Å². The van der Waals surface area contributed by atoms with Gasteiger partial charge in [0.25, 0.3) is 0 Å². The van der Waals surface area contributed by atoms with E-state index in [-0.39, 0.29) is 0 Å². The van der Waals surface area contributed by atoms with Crippen molar-refractivity contribution < 1.29 is 4.74 Å². The fourth-order valence-corrected chi connectivity index (χ4v) is 2.18. The van der Waals surface area contributed by atoms with Crippen molar-refractivity contribution in [3.8, 4) is 5.75 Å². The van der Waals surface area contributed by atoms with E-state index in [1.165, 1.54) is 5.56 Å². The molecule has 0 aliphatic rings. The zero-order valence-electron chi connectivity index (χ0n) is 12.6. The number of hydrogen-bond acceptors (Lipinski definition) is 4. The summed E-state index contributed by atoms with van der Waals surface area (Å²) in [6, 6.07) is 10.1. The van der Waals surface area contributed by atoms with Crippen molar-refractivity contribution in [3.63, 3.8) is 0 Å². The molecule has 2 aromatic rings. The number of likely N-dealkylation sites (N-methyl/N-ethyl adjacent to an activating group) is 1. The molecule has 0 saturated heterocycles. The number of benzene rings is 1. The minimum absolute atomic E-state index is 0.775. The topological polar surface area (TPSA) is 38.2 Å².